The van der Waals surface area contributed by atoms with Crippen LogP contribution in [0.25, 0.3) is 0 Å². The van der Waals surface area contributed by atoms with Gasteiger partial charge in [-0.25, -0.2) is 0 Å². The minimum Gasteiger partial charge on any atom is -0.356 e. The molecular weight excluding hydrogens is 328 g/mol. The molecule has 0 radical (unpaired) electrons. The highest BCUT2D eigenvalue weighted by atomic mass is 79.9. The van der Waals surface area contributed by atoms with Gasteiger partial charge in [-0.1, -0.05) is 41.4 Å². The number of rotatable bonds is 7. The third kappa shape index (κ3) is 6.95. The zero-order chi connectivity index (χ0) is 14.3. The van der Waals surface area contributed by atoms with Gasteiger partial charge in [0.2, 0.25) is 5.91 Å². The Morgan fingerprint density at radius 1 is 1.42 bits per heavy atom. The Morgan fingerprint density at radius 2 is 2.16 bits per heavy atom. The summed E-state index contributed by atoms with van der Waals surface area (Å²) in [5.74, 6) is 0.575. The van der Waals surface area contributed by atoms with E-state index in [0.717, 1.165) is 21.6 Å². The van der Waals surface area contributed by atoms with Crippen LogP contribution in [0.3, 0.4) is 0 Å². The molecule has 1 amide bonds. The second-order valence-electron chi connectivity index (χ2n) is 4.86. The molecular formula is C14H20BrClN2O. The standard InChI is InChI=1S/C14H20BrClN2O/c1-10(2)8-18-14(19)5-6-17-9-11-7-12(16)3-4-13(11)15/h3-4,7,10,17H,5-6,8-9H2,1-2H3,(H,18,19). The van der Waals surface area contributed by atoms with E-state index in [1.165, 1.54) is 0 Å². The maximum atomic E-state index is 11.5. The molecule has 2 N–H and O–H groups in total. The normalized spacial score (nSPS) is 10.8. The lowest BCUT2D eigenvalue weighted by Crippen LogP contribution is -2.30. The Hall–Kier alpha value is -0.580. The van der Waals surface area contributed by atoms with E-state index >= 15 is 0 Å². The van der Waals surface area contributed by atoms with Gasteiger partial charge in [-0.05, 0) is 29.7 Å². The largest absolute Gasteiger partial charge is 0.356 e. The van der Waals surface area contributed by atoms with E-state index in [0.29, 0.717) is 25.4 Å². The van der Waals surface area contributed by atoms with Crippen LogP contribution >= 0.6 is 27.5 Å². The van der Waals surface area contributed by atoms with Gasteiger partial charge < -0.3 is 10.6 Å². The zero-order valence-corrected chi connectivity index (χ0v) is 13.6. The maximum Gasteiger partial charge on any atom is 0.221 e. The summed E-state index contributed by atoms with van der Waals surface area (Å²) in [6.45, 7) is 6.24. The van der Waals surface area contributed by atoms with Crippen LogP contribution < -0.4 is 10.6 Å². The van der Waals surface area contributed by atoms with Crippen molar-refractivity contribution >= 4 is 33.4 Å². The van der Waals surface area contributed by atoms with Crippen molar-refractivity contribution in [3.05, 3.63) is 33.3 Å². The minimum absolute atomic E-state index is 0.0892. The van der Waals surface area contributed by atoms with Gasteiger partial charge in [-0.3, -0.25) is 4.79 Å². The molecule has 3 nitrogen and oxygen atoms in total. The SMILES string of the molecule is CC(C)CNC(=O)CCNCc1cc(Cl)ccc1Br. The number of amides is 1. The Bertz CT molecular complexity index is 424. The van der Waals surface area contributed by atoms with E-state index in [1.54, 1.807) is 0 Å². The highest BCUT2D eigenvalue weighted by Gasteiger charge is 2.03. The van der Waals surface area contributed by atoms with Gasteiger partial charge in [0, 0.05) is 35.6 Å². The molecule has 106 valence electrons. The van der Waals surface area contributed by atoms with Crippen LogP contribution in [0.4, 0.5) is 0 Å². The molecule has 0 fully saturated rings. The van der Waals surface area contributed by atoms with Crippen LogP contribution in [0.1, 0.15) is 25.8 Å². The molecule has 0 saturated carbocycles. The maximum absolute atomic E-state index is 11.5. The first-order valence-corrected chi connectivity index (χ1v) is 7.57. The summed E-state index contributed by atoms with van der Waals surface area (Å²) >= 11 is 9.41. The summed E-state index contributed by atoms with van der Waals surface area (Å²) in [5, 5.41) is 6.85. The summed E-state index contributed by atoms with van der Waals surface area (Å²) in [5.41, 5.74) is 1.09. The average Bonchev–Trinajstić information content (AvgIpc) is 2.36. The van der Waals surface area contributed by atoms with E-state index in [4.69, 9.17) is 11.6 Å². The van der Waals surface area contributed by atoms with Crippen LogP contribution in [-0.4, -0.2) is 19.0 Å². The molecule has 0 atom stereocenters. The molecule has 19 heavy (non-hydrogen) atoms. The van der Waals surface area contributed by atoms with Crippen molar-refractivity contribution in [1.82, 2.24) is 10.6 Å². The van der Waals surface area contributed by atoms with Gasteiger partial charge >= 0.3 is 0 Å². The van der Waals surface area contributed by atoms with Crippen molar-refractivity contribution in [1.29, 1.82) is 0 Å². The lowest BCUT2D eigenvalue weighted by molar-refractivity contribution is -0.121. The summed E-state index contributed by atoms with van der Waals surface area (Å²) in [7, 11) is 0. The van der Waals surface area contributed by atoms with Crippen molar-refractivity contribution in [2.75, 3.05) is 13.1 Å². The van der Waals surface area contributed by atoms with E-state index in [1.807, 2.05) is 18.2 Å². The van der Waals surface area contributed by atoms with Gasteiger partial charge in [0.1, 0.15) is 0 Å². The number of halogens is 2. The molecule has 0 unspecified atom stereocenters. The summed E-state index contributed by atoms with van der Waals surface area (Å²) in [4.78, 5) is 11.5. The van der Waals surface area contributed by atoms with Crippen molar-refractivity contribution in [3.63, 3.8) is 0 Å². The summed E-state index contributed by atoms with van der Waals surface area (Å²) in [6, 6.07) is 5.68. The topological polar surface area (TPSA) is 41.1 Å². The molecule has 0 heterocycles. The molecule has 0 aliphatic heterocycles. The lowest BCUT2D eigenvalue weighted by Gasteiger charge is -2.09. The van der Waals surface area contributed by atoms with E-state index in [2.05, 4.69) is 40.4 Å². The molecule has 5 heteroatoms. The van der Waals surface area contributed by atoms with Crippen molar-refractivity contribution < 1.29 is 4.79 Å². The molecule has 1 aromatic rings. The van der Waals surface area contributed by atoms with Gasteiger partial charge in [-0.2, -0.15) is 0 Å². The Morgan fingerprint density at radius 3 is 2.84 bits per heavy atom. The van der Waals surface area contributed by atoms with Crippen LogP contribution in [0, 0.1) is 5.92 Å². The molecule has 0 bridgehead atoms. The summed E-state index contributed by atoms with van der Waals surface area (Å²) in [6.07, 6.45) is 0.491. The zero-order valence-electron chi connectivity index (χ0n) is 11.3. The van der Waals surface area contributed by atoms with Crippen LogP contribution in [-0.2, 0) is 11.3 Å². The average molecular weight is 348 g/mol. The van der Waals surface area contributed by atoms with Gasteiger partial charge in [0.15, 0.2) is 0 Å². The predicted octanol–water partition coefficient (Wildman–Crippen LogP) is 3.35. The van der Waals surface area contributed by atoms with Gasteiger partial charge in [0.25, 0.3) is 0 Å². The molecule has 0 aliphatic rings. The molecule has 0 aromatic heterocycles. The third-order valence-electron chi connectivity index (χ3n) is 2.56. The number of carbonyl (C=O) groups excluding carboxylic acids is 1. The summed E-state index contributed by atoms with van der Waals surface area (Å²) < 4.78 is 1.02. The van der Waals surface area contributed by atoms with Crippen molar-refractivity contribution in [3.8, 4) is 0 Å². The molecule has 1 aromatic carbocycles. The second-order valence-corrected chi connectivity index (χ2v) is 6.15. The van der Waals surface area contributed by atoms with Crippen LogP contribution in [0.2, 0.25) is 5.02 Å². The minimum atomic E-state index is 0.0892. The Kier molecular flexibility index (Phi) is 7.42. The monoisotopic (exact) mass is 346 g/mol. The molecule has 0 saturated heterocycles. The fraction of sp³-hybridized carbons (Fsp3) is 0.500. The Labute approximate surface area is 128 Å². The molecule has 0 spiro atoms. The number of hydrogen-bond acceptors (Lipinski definition) is 2. The highest BCUT2D eigenvalue weighted by molar-refractivity contribution is 9.10. The fourth-order valence-electron chi connectivity index (χ4n) is 1.51. The predicted molar refractivity (Wildman–Crippen MR) is 83.3 cm³/mol. The van der Waals surface area contributed by atoms with E-state index < -0.39 is 0 Å². The number of carbonyl (C=O) groups is 1. The van der Waals surface area contributed by atoms with E-state index in [-0.39, 0.29) is 5.91 Å². The first kappa shape index (κ1) is 16.5. The highest BCUT2D eigenvalue weighted by Crippen LogP contribution is 2.20. The number of benzene rings is 1. The molecule has 0 aliphatic carbocycles. The lowest BCUT2D eigenvalue weighted by atomic mass is 10.2. The van der Waals surface area contributed by atoms with Crippen LogP contribution in [0.5, 0.6) is 0 Å². The van der Waals surface area contributed by atoms with Crippen molar-refractivity contribution in [2.45, 2.75) is 26.8 Å². The molecule has 1 rings (SSSR count). The van der Waals surface area contributed by atoms with E-state index in [9.17, 15) is 4.79 Å². The van der Waals surface area contributed by atoms with Crippen molar-refractivity contribution in [2.24, 2.45) is 5.92 Å². The van der Waals surface area contributed by atoms with Crippen LogP contribution in [0.15, 0.2) is 22.7 Å². The van der Waals surface area contributed by atoms with Gasteiger partial charge in [0.05, 0.1) is 0 Å². The van der Waals surface area contributed by atoms with Gasteiger partial charge in [-0.15, -0.1) is 0 Å². The Balaban J connectivity index is 2.23. The first-order chi connectivity index (χ1) is 8.99. The number of nitrogens with one attached hydrogen (secondary N) is 2. The second kappa shape index (κ2) is 8.56. The smallest absolute Gasteiger partial charge is 0.221 e. The fourth-order valence-corrected chi connectivity index (χ4v) is 2.09. The first-order valence-electron chi connectivity index (χ1n) is 6.40. The third-order valence-corrected chi connectivity index (χ3v) is 3.57. The quantitative estimate of drug-likeness (QED) is 0.743. The number of hydrogen-bond donors (Lipinski definition) is 2.